The number of nitrogens with zero attached hydrogens (tertiary/aromatic N) is 1. The van der Waals surface area contributed by atoms with Gasteiger partial charge in [-0.25, -0.2) is 4.39 Å². The van der Waals surface area contributed by atoms with Crippen molar-refractivity contribution in [2.45, 2.75) is 12.0 Å². The van der Waals surface area contributed by atoms with Crippen molar-refractivity contribution in [1.82, 2.24) is 10.3 Å². The van der Waals surface area contributed by atoms with Crippen molar-refractivity contribution in [1.29, 1.82) is 0 Å². The van der Waals surface area contributed by atoms with Gasteiger partial charge in [-0.3, -0.25) is 4.98 Å². The lowest BCUT2D eigenvalue weighted by atomic mass is 9.88. The number of hydrogen-bond donors (Lipinski definition) is 2. The average Bonchev–Trinajstić information content (AvgIpc) is 3.13. The molecule has 0 aliphatic carbocycles. The number of anilines is 1. The molecule has 2 aromatic carbocycles. The summed E-state index contributed by atoms with van der Waals surface area (Å²) in [6.07, 6.45) is 2.37. The fraction of sp³-hybridized carbons (Fsp3) is 0.250. The van der Waals surface area contributed by atoms with Crippen molar-refractivity contribution in [3.63, 3.8) is 0 Å². The zero-order valence-corrected chi connectivity index (χ0v) is 16.2. The van der Waals surface area contributed by atoms with Gasteiger partial charge < -0.3 is 15.4 Å². The second-order valence-corrected chi connectivity index (χ2v) is 7.38. The summed E-state index contributed by atoms with van der Waals surface area (Å²) in [6.45, 7) is 1.28. The Morgan fingerprint density at radius 1 is 1.22 bits per heavy atom. The molecule has 0 radical (unpaired) electrons. The van der Waals surface area contributed by atoms with E-state index in [4.69, 9.17) is 27.9 Å². The van der Waals surface area contributed by atoms with E-state index in [9.17, 15) is 4.39 Å². The van der Waals surface area contributed by atoms with Crippen LogP contribution in [0.1, 0.15) is 12.0 Å². The maximum Gasteiger partial charge on any atom is 0.130 e. The lowest BCUT2D eigenvalue weighted by molar-refractivity contribution is 0.419. The third-order valence-corrected chi connectivity index (χ3v) is 5.79. The molecule has 1 atom stereocenters. The predicted molar refractivity (Wildman–Crippen MR) is 108 cm³/mol. The first kappa shape index (κ1) is 18.3. The molecule has 140 valence electrons. The summed E-state index contributed by atoms with van der Waals surface area (Å²) >= 11 is 12.6. The molecule has 2 N–H and O–H groups in total. The molecule has 1 fully saturated rings. The smallest absolute Gasteiger partial charge is 0.130 e. The van der Waals surface area contributed by atoms with Crippen LogP contribution in [0.4, 0.5) is 10.1 Å². The minimum atomic E-state index is -0.696. The van der Waals surface area contributed by atoms with Crippen LogP contribution in [-0.4, -0.2) is 25.2 Å². The molecule has 1 aromatic heterocycles. The van der Waals surface area contributed by atoms with Gasteiger partial charge in [0.25, 0.3) is 0 Å². The van der Waals surface area contributed by atoms with E-state index in [1.54, 1.807) is 13.3 Å². The Morgan fingerprint density at radius 2 is 2.07 bits per heavy atom. The number of hydrogen-bond acceptors (Lipinski definition) is 4. The van der Waals surface area contributed by atoms with Gasteiger partial charge in [-0.15, -0.1) is 0 Å². The van der Waals surface area contributed by atoms with Crippen molar-refractivity contribution in [2.75, 3.05) is 25.5 Å². The number of fused-ring (bicyclic) bond motifs is 1. The van der Waals surface area contributed by atoms with E-state index in [2.05, 4.69) is 15.6 Å². The molecular formula is C20H18Cl2FN3O. The molecule has 2 heterocycles. The topological polar surface area (TPSA) is 46.2 Å². The van der Waals surface area contributed by atoms with E-state index in [-0.39, 0.29) is 10.8 Å². The number of methoxy groups -OCH3 is 1. The Labute approximate surface area is 166 Å². The van der Waals surface area contributed by atoms with E-state index >= 15 is 0 Å². The van der Waals surface area contributed by atoms with Gasteiger partial charge in [0.05, 0.1) is 28.2 Å². The van der Waals surface area contributed by atoms with Gasteiger partial charge in [0.2, 0.25) is 0 Å². The molecule has 4 nitrogen and oxygen atoms in total. The third kappa shape index (κ3) is 3.20. The summed E-state index contributed by atoms with van der Waals surface area (Å²) in [5, 5.41) is 8.27. The van der Waals surface area contributed by atoms with Gasteiger partial charge in [0, 0.05) is 29.4 Å². The van der Waals surface area contributed by atoms with Crippen LogP contribution in [-0.2, 0) is 5.54 Å². The summed E-state index contributed by atoms with van der Waals surface area (Å²) in [7, 11) is 1.63. The normalized spacial score (nSPS) is 19.4. The number of halogens is 3. The Morgan fingerprint density at radius 3 is 2.81 bits per heavy atom. The monoisotopic (exact) mass is 405 g/mol. The predicted octanol–water partition coefficient (Wildman–Crippen LogP) is 4.99. The van der Waals surface area contributed by atoms with Crippen molar-refractivity contribution in [3.8, 4) is 5.75 Å². The van der Waals surface area contributed by atoms with Crippen LogP contribution >= 0.6 is 23.2 Å². The molecule has 7 heteroatoms. The number of nitrogens with one attached hydrogen (secondary N) is 2. The second kappa shape index (κ2) is 7.15. The van der Waals surface area contributed by atoms with Crippen LogP contribution in [0, 0.1) is 5.82 Å². The quantitative estimate of drug-likeness (QED) is 0.600. The first-order valence-corrected chi connectivity index (χ1v) is 9.35. The van der Waals surface area contributed by atoms with Gasteiger partial charge in [0.1, 0.15) is 11.6 Å². The van der Waals surface area contributed by atoms with Crippen molar-refractivity contribution < 1.29 is 9.13 Å². The van der Waals surface area contributed by atoms with Gasteiger partial charge in [0.15, 0.2) is 0 Å². The molecule has 1 saturated heterocycles. The van der Waals surface area contributed by atoms with Crippen LogP contribution in [0.2, 0.25) is 10.0 Å². The standard InChI is InChI=1S/C20H18Cl2FN3O/c1-27-17-6-8-25-16-10-12(2-3-13(16)17)26-20(7-9-24-11-20)18-15(23)5-4-14(21)19(18)22/h2-6,8,10,24,26H,7,9,11H2,1H3/t20-/m1/s1. The Kier molecular flexibility index (Phi) is 4.84. The molecular weight excluding hydrogens is 388 g/mol. The summed E-state index contributed by atoms with van der Waals surface area (Å²) in [6, 6.07) is 10.5. The maximum atomic E-state index is 14.7. The molecule has 0 bridgehead atoms. The summed E-state index contributed by atoms with van der Waals surface area (Å²) in [5.74, 6) is 0.383. The Bertz CT molecular complexity index is 1010. The molecule has 0 saturated carbocycles. The number of ether oxygens (including phenoxy) is 1. The molecule has 1 aliphatic rings. The van der Waals surface area contributed by atoms with Crippen molar-refractivity contribution in [3.05, 3.63) is 64.0 Å². The molecule has 0 spiro atoms. The van der Waals surface area contributed by atoms with E-state index < -0.39 is 5.54 Å². The Hall–Kier alpha value is -2.08. The summed E-state index contributed by atoms with van der Waals surface area (Å²) in [4.78, 5) is 4.41. The first-order valence-electron chi connectivity index (χ1n) is 8.60. The number of pyridine rings is 1. The van der Waals surface area contributed by atoms with Crippen LogP contribution in [0.3, 0.4) is 0 Å². The first-order chi connectivity index (χ1) is 13.0. The molecule has 1 aliphatic heterocycles. The lowest BCUT2D eigenvalue weighted by Crippen LogP contribution is -2.39. The second-order valence-electron chi connectivity index (χ2n) is 6.60. The van der Waals surface area contributed by atoms with Crippen LogP contribution in [0.25, 0.3) is 10.9 Å². The largest absolute Gasteiger partial charge is 0.496 e. The highest BCUT2D eigenvalue weighted by Crippen LogP contribution is 2.41. The summed E-state index contributed by atoms with van der Waals surface area (Å²) in [5.41, 5.74) is 1.30. The van der Waals surface area contributed by atoms with Gasteiger partial charge >= 0.3 is 0 Å². The SMILES string of the molecule is COc1ccnc2cc(N[C@]3(c4c(F)ccc(Cl)c4Cl)CCNC3)ccc12. The molecule has 27 heavy (non-hydrogen) atoms. The zero-order chi connectivity index (χ0) is 19.0. The lowest BCUT2D eigenvalue weighted by Gasteiger charge is -2.33. The van der Waals surface area contributed by atoms with Crippen LogP contribution < -0.4 is 15.4 Å². The van der Waals surface area contributed by atoms with Crippen LogP contribution in [0.5, 0.6) is 5.75 Å². The Balaban J connectivity index is 1.79. The highest BCUT2D eigenvalue weighted by Gasteiger charge is 2.40. The highest BCUT2D eigenvalue weighted by atomic mass is 35.5. The van der Waals surface area contributed by atoms with Gasteiger partial charge in [-0.1, -0.05) is 23.2 Å². The van der Waals surface area contributed by atoms with Crippen molar-refractivity contribution in [2.24, 2.45) is 0 Å². The van der Waals surface area contributed by atoms with Gasteiger partial charge in [-0.05, 0) is 49.4 Å². The third-order valence-electron chi connectivity index (χ3n) is 4.98. The van der Waals surface area contributed by atoms with Crippen LogP contribution in [0.15, 0.2) is 42.6 Å². The maximum absolute atomic E-state index is 14.7. The fourth-order valence-corrected chi connectivity index (χ4v) is 4.19. The zero-order valence-electron chi connectivity index (χ0n) is 14.7. The molecule has 0 amide bonds. The van der Waals surface area contributed by atoms with E-state index in [0.717, 1.165) is 28.9 Å². The number of aromatic nitrogens is 1. The minimum Gasteiger partial charge on any atom is -0.496 e. The van der Waals surface area contributed by atoms with E-state index in [1.165, 1.54) is 12.1 Å². The van der Waals surface area contributed by atoms with Crippen molar-refractivity contribution >= 4 is 39.8 Å². The molecule has 4 rings (SSSR count). The molecule has 0 unspecified atom stereocenters. The number of benzene rings is 2. The van der Waals surface area contributed by atoms with E-state index in [1.807, 2.05) is 24.3 Å². The highest BCUT2D eigenvalue weighted by molar-refractivity contribution is 6.42. The minimum absolute atomic E-state index is 0.244. The number of rotatable bonds is 4. The van der Waals surface area contributed by atoms with Gasteiger partial charge in [-0.2, -0.15) is 0 Å². The fourth-order valence-electron chi connectivity index (χ4n) is 3.69. The average molecular weight is 406 g/mol. The van der Waals surface area contributed by atoms with E-state index in [0.29, 0.717) is 23.6 Å². The molecule has 3 aromatic rings. The summed E-state index contributed by atoms with van der Waals surface area (Å²) < 4.78 is 20.1.